The molecule has 164 valence electrons. The number of nitrogens with one attached hydrogen (secondary N) is 1. The topological polar surface area (TPSA) is 82.2 Å². The first-order chi connectivity index (χ1) is 15.2. The van der Waals surface area contributed by atoms with E-state index in [1.165, 1.54) is 6.42 Å². The molecule has 1 aliphatic carbocycles. The lowest BCUT2D eigenvalue weighted by molar-refractivity contribution is -0.137. The van der Waals surface area contributed by atoms with Crippen LogP contribution >= 0.6 is 0 Å². The Morgan fingerprint density at radius 2 is 2.00 bits per heavy atom. The standard InChI is InChI=1S/C24H31N5O2/c30-23-19-16-28(15-17-6-4-11-25-14-17)13-10-20(19)26-22(27-23)21-9-5-12-29(21)24(31)18-7-2-1-3-8-18/h4,6,11,14,18,21H,1-3,5,7-10,12-13,15-16H2,(H,26,27,30)/t21-/m0/s1. The molecule has 1 amide bonds. The minimum absolute atomic E-state index is 0.0483. The molecule has 0 radical (unpaired) electrons. The number of H-pyrrole nitrogens is 1. The number of carbonyl (C=O) groups excluding carboxylic acids is 1. The van der Waals surface area contributed by atoms with Gasteiger partial charge in [-0.2, -0.15) is 0 Å². The summed E-state index contributed by atoms with van der Waals surface area (Å²) in [5.41, 5.74) is 2.77. The fourth-order valence-corrected chi connectivity index (χ4v) is 5.44. The van der Waals surface area contributed by atoms with E-state index in [0.29, 0.717) is 12.4 Å². The summed E-state index contributed by atoms with van der Waals surface area (Å²) >= 11 is 0. The molecular formula is C24H31N5O2. The van der Waals surface area contributed by atoms with Crippen LogP contribution in [0.1, 0.15) is 73.6 Å². The van der Waals surface area contributed by atoms with Gasteiger partial charge in [-0.15, -0.1) is 0 Å². The minimum atomic E-state index is -0.0825. The molecule has 7 heteroatoms. The number of rotatable bonds is 4. The molecule has 2 aliphatic heterocycles. The van der Waals surface area contributed by atoms with Gasteiger partial charge in [0.25, 0.3) is 5.56 Å². The molecule has 0 bridgehead atoms. The number of fused-ring (bicyclic) bond motifs is 1. The molecular weight excluding hydrogens is 390 g/mol. The second-order valence-electron chi connectivity index (χ2n) is 9.22. The van der Waals surface area contributed by atoms with Crippen molar-refractivity contribution in [3.63, 3.8) is 0 Å². The normalized spacial score (nSPS) is 22.5. The summed E-state index contributed by atoms with van der Waals surface area (Å²) in [5.74, 6) is 1.11. The van der Waals surface area contributed by atoms with Gasteiger partial charge in [-0.05, 0) is 37.3 Å². The van der Waals surface area contributed by atoms with Crippen LogP contribution in [-0.4, -0.2) is 43.7 Å². The van der Waals surface area contributed by atoms with Crippen molar-refractivity contribution >= 4 is 5.91 Å². The zero-order chi connectivity index (χ0) is 21.2. The van der Waals surface area contributed by atoms with Gasteiger partial charge >= 0.3 is 0 Å². The Morgan fingerprint density at radius 1 is 1.13 bits per heavy atom. The zero-order valence-electron chi connectivity index (χ0n) is 18.1. The van der Waals surface area contributed by atoms with Crippen molar-refractivity contribution in [1.29, 1.82) is 0 Å². The molecule has 1 saturated carbocycles. The molecule has 1 N–H and O–H groups in total. The van der Waals surface area contributed by atoms with E-state index >= 15 is 0 Å². The van der Waals surface area contributed by atoms with Crippen LogP contribution in [-0.2, 0) is 24.3 Å². The molecule has 1 atom stereocenters. The predicted octanol–water partition coefficient (Wildman–Crippen LogP) is 2.97. The first kappa shape index (κ1) is 20.4. The van der Waals surface area contributed by atoms with E-state index < -0.39 is 0 Å². The smallest absolute Gasteiger partial charge is 0.255 e. The lowest BCUT2D eigenvalue weighted by Gasteiger charge is -2.31. The lowest BCUT2D eigenvalue weighted by atomic mass is 9.88. The SMILES string of the molecule is O=C(C1CCCCC1)N1CCC[C@H]1c1nc2c(c(=O)[nH]1)CN(Cc1cccnc1)CC2. The Hall–Kier alpha value is -2.54. The molecule has 2 fully saturated rings. The van der Waals surface area contributed by atoms with Gasteiger partial charge in [0.1, 0.15) is 5.82 Å². The third kappa shape index (κ3) is 4.28. The Kier molecular flexibility index (Phi) is 5.85. The van der Waals surface area contributed by atoms with Crippen molar-refractivity contribution < 1.29 is 4.79 Å². The molecule has 0 unspecified atom stereocenters. The van der Waals surface area contributed by atoms with Gasteiger partial charge in [0, 0.05) is 50.9 Å². The lowest BCUT2D eigenvalue weighted by Crippen LogP contribution is -2.39. The van der Waals surface area contributed by atoms with Crippen molar-refractivity contribution in [3.05, 3.63) is 57.5 Å². The summed E-state index contributed by atoms with van der Waals surface area (Å²) in [4.78, 5) is 42.5. The third-order valence-corrected chi connectivity index (χ3v) is 7.10. The molecule has 0 spiro atoms. The minimum Gasteiger partial charge on any atom is -0.332 e. The van der Waals surface area contributed by atoms with Gasteiger partial charge in [0.15, 0.2) is 0 Å². The first-order valence-corrected chi connectivity index (χ1v) is 11.7. The number of carbonyl (C=O) groups is 1. The molecule has 7 nitrogen and oxygen atoms in total. The van der Waals surface area contributed by atoms with Crippen molar-refractivity contribution in [3.8, 4) is 0 Å². The molecule has 0 aromatic carbocycles. The predicted molar refractivity (Wildman–Crippen MR) is 117 cm³/mol. The Labute approximate surface area is 182 Å². The second kappa shape index (κ2) is 8.91. The Bertz CT molecular complexity index is 983. The summed E-state index contributed by atoms with van der Waals surface area (Å²) in [6.07, 6.45) is 11.8. The number of likely N-dealkylation sites (tertiary alicyclic amines) is 1. The maximum atomic E-state index is 13.2. The van der Waals surface area contributed by atoms with E-state index in [1.54, 1.807) is 6.20 Å². The number of aromatic nitrogens is 3. The number of pyridine rings is 1. The summed E-state index contributed by atoms with van der Waals surface area (Å²) in [7, 11) is 0. The van der Waals surface area contributed by atoms with Crippen LogP contribution in [0.15, 0.2) is 29.3 Å². The van der Waals surface area contributed by atoms with Gasteiger partial charge in [-0.3, -0.25) is 19.5 Å². The van der Waals surface area contributed by atoms with Gasteiger partial charge in [-0.1, -0.05) is 25.3 Å². The van der Waals surface area contributed by atoms with Gasteiger partial charge in [-0.25, -0.2) is 4.98 Å². The van der Waals surface area contributed by atoms with E-state index in [0.717, 1.165) is 81.4 Å². The fourth-order valence-electron chi connectivity index (χ4n) is 5.44. The fraction of sp³-hybridized carbons (Fsp3) is 0.583. The second-order valence-corrected chi connectivity index (χ2v) is 9.22. The third-order valence-electron chi connectivity index (χ3n) is 7.10. The molecule has 1 saturated heterocycles. The molecule has 2 aromatic rings. The van der Waals surface area contributed by atoms with Crippen molar-refractivity contribution in [2.24, 2.45) is 5.92 Å². The Balaban J connectivity index is 1.33. The quantitative estimate of drug-likeness (QED) is 0.821. The van der Waals surface area contributed by atoms with E-state index in [1.807, 2.05) is 17.2 Å². The van der Waals surface area contributed by atoms with E-state index in [9.17, 15) is 9.59 Å². The molecule has 2 aromatic heterocycles. The summed E-state index contributed by atoms with van der Waals surface area (Å²) in [6.45, 7) is 3.02. The van der Waals surface area contributed by atoms with E-state index in [-0.39, 0.29) is 23.4 Å². The van der Waals surface area contributed by atoms with Crippen LogP contribution in [0, 0.1) is 5.92 Å². The summed E-state index contributed by atoms with van der Waals surface area (Å²) in [5, 5.41) is 0. The monoisotopic (exact) mass is 421 g/mol. The number of amides is 1. The molecule has 31 heavy (non-hydrogen) atoms. The highest BCUT2D eigenvalue weighted by molar-refractivity contribution is 5.79. The van der Waals surface area contributed by atoms with Crippen LogP contribution in [0.5, 0.6) is 0 Å². The van der Waals surface area contributed by atoms with Crippen LogP contribution in [0.4, 0.5) is 0 Å². The highest BCUT2D eigenvalue weighted by Gasteiger charge is 2.36. The van der Waals surface area contributed by atoms with Gasteiger partial charge in [0.05, 0.1) is 17.3 Å². The van der Waals surface area contributed by atoms with Crippen LogP contribution in [0.3, 0.4) is 0 Å². The summed E-state index contributed by atoms with van der Waals surface area (Å²) in [6, 6.07) is 3.92. The molecule has 5 rings (SSSR count). The van der Waals surface area contributed by atoms with Crippen molar-refractivity contribution in [2.45, 2.75) is 70.5 Å². The van der Waals surface area contributed by atoms with Crippen molar-refractivity contribution in [1.82, 2.24) is 24.8 Å². The van der Waals surface area contributed by atoms with Gasteiger partial charge in [0.2, 0.25) is 5.91 Å². The number of hydrogen-bond acceptors (Lipinski definition) is 5. The summed E-state index contributed by atoms with van der Waals surface area (Å²) < 4.78 is 0. The van der Waals surface area contributed by atoms with Crippen LogP contribution < -0.4 is 5.56 Å². The average Bonchev–Trinajstić information content (AvgIpc) is 3.30. The van der Waals surface area contributed by atoms with E-state index in [4.69, 9.17) is 4.98 Å². The molecule has 3 aliphatic rings. The number of nitrogens with zero attached hydrogens (tertiary/aromatic N) is 4. The van der Waals surface area contributed by atoms with E-state index in [2.05, 4.69) is 20.9 Å². The zero-order valence-corrected chi connectivity index (χ0v) is 18.1. The maximum Gasteiger partial charge on any atom is 0.255 e. The largest absolute Gasteiger partial charge is 0.332 e. The maximum absolute atomic E-state index is 13.2. The van der Waals surface area contributed by atoms with Crippen LogP contribution in [0.25, 0.3) is 0 Å². The highest BCUT2D eigenvalue weighted by atomic mass is 16.2. The first-order valence-electron chi connectivity index (χ1n) is 11.7. The molecule has 4 heterocycles. The van der Waals surface area contributed by atoms with Gasteiger partial charge < -0.3 is 9.88 Å². The number of aromatic amines is 1. The van der Waals surface area contributed by atoms with Crippen molar-refractivity contribution in [2.75, 3.05) is 13.1 Å². The average molecular weight is 422 g/mol. The highest BCUT2D eigenvalue weighted by Crippen LogP contribution is 2.34. The number of hydrogen-bond donors (Lipinski definition) is 1. The van der Waals surface area contributed by atoms with Crippen LogP contribution in [0.2, 0.25) is 0 Å². The Morgan fingerprint density at radius 3 is 2.81 bits per heavy atom.